The van der Waals surface area contributed by atoms with Crippen molar-refractivity contribution in [1.82, 2.24) is 5.43 Å². The molecular formula is C21H21N3O4. The Morgan fingerprint density at radius 3 is 2.32 bits per heavy atom. The maximum Gasteiger partial charge on any atom is 0.332 e. The number of carbonyl (C=O) groups is 3. The number of nitrogens with zero attached hydrogens (tertiary/aromatic N) is 2. The van der Waals surface area contributed by atoms with E-state index in [-0.39, 0.29) is 18.7 Å². The first-order chi connectivity index (χ1) is 13.5. The minimum Gasteiger partial charge on any atom is -0.464 e. The number of hydrazone groups is 1. The van der Waals surface area contributed by atoms with Crippen molar-refractivity contribution in [3.63, 3.8) is 0 Å². The van der Waals surface area contributed by atoms with Gasteiger partial charge in [0.05, 0.1) is 6.61 Å². The number of esters is 1. The zero-order valence-electron chi connectivity index (χ0n) is 15.7. The largest absolute Gasteiger partial charge is 0.464 e. The van der Waals surface area contributed by atoms with E-state index in [9.17, 15) is 14.4 Å². The quantitative estimate of drug-likeness (QED) is 0.639. The van der Waals surface area contributed by atoms with Crippen molar-refractivity contribution in [3.05, 3.63) is 66.2 Å². The Balaban J connectivity index is 1.91. The Bertz CT molecular complexity index is 912. The van der Waals surface area contributed by atoms with Crippen molar-refractivity contribution < 1.29 is 19.1 Å². The van der Waals surface area contributed by atoms with Gasteiger partial charge in [0.2, 0.25) is 0 Å². The van der Waals surface area contributed by atoms with Crippen molar-refractivity contribution in [2.45, 2.75) is 25.8 Å². The van der Waals surface area contributed by atoms with Crippen LogP contribution < -0.4 is 10.3 Å². The van der Waals surface area contributed by atoms with Crippen LogP contribution in [0.5, 0.6) is 0 Å². The van der Waals surface area contributed by atoms with E-state index in [1.165, 1.54) is 4.90 Å². The molecule has 7 nitrogen and oxygen atoms in total. The molecule has 2 aromatic rings. The lowest BCUT2D eigenvalue weighted by atomic mass is 9.98. The Hall–Kier alpha value is -3.48. The molecule has 28 heavy (non-hydrogen) atoms. The van der Waals surface area contributed by atoms with Gasteiger partial charge in [-0.15, -0.1) is 0 Å². The van der Waals surface area contributed by atoms with Gasteiger partial charge in [-0.05, 0) is 38.1 Å². The molecule has 1 unspecified atom stereocenters. The first-order valence-electron chi connectivity index (χ1n) is 8.96. The summed E-state index contributed by atoms with van der Waals surface area (Å²) in [7, 11) is 0. The first kappa shape index (κ1) is 19.3. The van der Waals surface area contributed by atoms with E-state index in [2.05, 4.69) is 10.5 Å². The summed E-state index contributed by atoms with van der Waals surface area (Å²) in [5, 5.41) is 4.01. The summed E-state index contributed by atoms with van der Waals surface area (Å²) in [6, 6.07) is 17.4. The first-order valence-corrected chi connectivity index (χ1v) is 8.96. The van der Waals surface area contributed by atoms with Gasteiger partial charge in [-0.2, -0.15) is 5.10 Å². The number of rotatable bonds is 5. The second-order valence-electron chi connectivity index (χ2n) is 6.51. The van der Waals surface area contributed by atoms with E-state index in [4.69, 9.17) is 4.74 Å². The number of hydrogen-bond acceptors (Lipinski definition) is 5. The maximum atomic E-state index is 13.0. The molecule has 7 heteroatoms. The molecule has 1 N–H and O–H groups in total. The molecule has 1 heterocycles. The molecule has 0 aromatic heterocycles. The van der Waals surface area contributed by atoms with Gasteiger partial charge in [-0.25, -0.2) is 10.2 Å². The van der Waals surface area contributed by atoms with E-state index in [0.29, 0.717) is 11.3 Å². The van der Waals surface area contributed by atoms with Crippen LogP contribution in [0.15, 0.2) is 65.8 Å². The third-order valence-corrected chi connectivity index (χ3v) is 4.51. The van der Waals surface area contributed by atoms with Crippen molar-refractivity contribution in [3.8, 4) is 0 Å². The molecule has 2 amide bonds. The Kier molecular flexibility index (Phi) is 5.54. The lowest BCUT2D eigenvalue weighted by Gasteiger charge is -2.32. The molecule has 0 saturated carbocycles. The lowest BCUT2D eigenvalue weighted by Crippen LogP contribution is -2.50. The average molecular weight is 379 g/mol. The fraction of sp³-hybridized carbons (Fsp3) is 0.238. The van der Waals surface area contributed by atoms with Crippen LogP contribution in [-0.4, -0.2) is 35.6 Å². The predicted octanol–water partition coefficient (Wildman–Crippen LogP) is 2.53. The minimum atomic E-state index is -1.25. The average Bonchev–Trinajstić information content (AvgIpc) is 2.98. The number of carbonyl (C=O) groups excluding carboxylic acids is 3. The van der Waals surface area contributed by atoms with Crippen LogP contribution in [0.4, 0.5) is 5.69 Å². The third kappa shape index (κ3) is 3.64. The van der Waals surface area contributed by atoms with Gasteiger partial charge in [0, 0.05) is 17.7 Å². The topological polar surface area (TPSA) is 88.1 Å². The van der Waals surface area contributed by atoms with Crippen LogP contribution in [0.25, 0.3) is 0 Å². The van der Waals surface area contributed by atoms with E-state index in [0.717, 1.165) is 0 Å². The third-order valence-electron chi connectivity index (χ3n) is 4.51. The normalized spacial score (nSPS) is 20.3. The standard InChI is InChI=1S/C21H21N3O4/c1-3-28-20(27)21(2)14-17(19(26)24(21)16-12-8-5-9-13-16)22-23-18(25)15-10-6-4-7-11-15/h4-13H,3,14H2,1-2H3,(H,23,25). The zero-order valence-corrected chi connectivity index (χ0v) is 15.7. The summed E-state index contributed by atoms with van der Waals surface area (Å²) >= 11 is 0. The number of para-hydroxylation sites is 1. The van der Waals surface area contributed by atoms with Crippen molar-refractivity contribution in [2.24, 2.45) is 5.10 Å². The number of amides is 2. The number of ether oxygens (including phenoxy) is 1. The fourth-order valence-electron chi connectivity index (χ4n) is 3.12. The summed E-state index contributed by atoms with van der Waals surface area (Å²) in [6.45, 7) is 3.54. The van der Waals surface area contributed by atoms with Gasteiger partial charge < -0.3 is 4.74 Å². The molecule has 1 fully saturated rings. The molecule has 1 atom stereocenters. The van der Waals surface area contributed by atoms with E-state index < -0.39 is 23.3 Å². The van der Waals surface area contributed by atoms with Gasteiger partial charge in [0.1, 0.15) is 11.3 Å². The molecule has 0 bridgehead atoms. The number of anilines is 1. The maximum absolute atomic E-state index is 13.0. The smallest absolute Gasteiger partial charge is 0.332 e. The Labute approximate surface area is 163 Å². The van der Waals surface area contributed by atoms with E-state index >= 15 is 0 Å². The second kappa shape index (κ2) is 8.04. The van der Waals surface area contributed by atoms with Crippen molar-refractivity contribution >= 4 is 29.2 Å². The highest BCUT2D eigenvalue weighted by Gasteiger charge is 2.53. The van der Waals surface area contributed by atoms with Gasteiger partial charge in [0.15, 0.2) is 0 Å². The molecular weight excluding hydrogens is 358 g/mol. The van der Waals surface area contributed by atoms with Gasteiger partial charge in [0.25, 0.3) is 11.8 Å². The predicted molar refractivity (Wildman–Crippen MR) is 105 cm³/mol. The minimum absolute atomic E-state index is 0.0225. The summed E-state index contributed by atoms with van der Waals surface area (Å²) in [6.07, 6.45) is 0.0225. The number of nitrogens with one attached hydrogen (secondary N) is 1. The van der Waals surface area contributed by atoms with Crippen LogP contribution in [0, 0.1) is 0 Å². The highest BCUT2D eigenvalue weighted by Crippen LogP contribution is 2.34. The summed E-state index contributed by atoms with van der Waals surface area (Å²) in [5.74, 6) is -1.40. The SMILES string of the molecule is CCOC(=O)C1(C)CC(=NNC(=O)c2ccccc2)C(=O)N1c1ccccc1. The highest BCUT2D eigenvalue weighted by molar-refractivity contribution is 6.48. The Morgan fingerprint density at radius 2 is 1.71 bits per heavy atom. The fourth-order valence-corrected chi connectivity index (χ4v) is 3.12. The molecule has 0 spiro atoms. The summed E-state index contributed by atoms with van der Waals surface area (Å²) < 4.78 is 5.20. The van der Waals surface area contributed by atoms with Crippen molar-refractivity contribution in [1.29, 1.82) is 0 Å². The van der Waals surface area contributed by atoms with Gasteiger partial charge in [-0.1, -0.05) is 36.4 Å². The molecule has 144 valence electrons. The lowest BCUT2D eigenvalue weighted by molar-refractivity contribution is -0.149. The molecule has 1 aliphatic rings. The molecule has 1 aliphatic heterocycles. The van der Waals surface area contributed by atoms with Gasteiger partial charge in [-0.3, -0.25) is 14.5 Å². The molecule has 0 aliphatic carbocycles. The molecule has 2 aromatic carbocycles. The van der Waals surface area contributed by atoms with Crippen molar-refractivity contribution in [2.75, 3.05) is 11.5 Å². The van der Waals surface area contributed by atoms with Crippen LogP contribution in [-0.2, 0) is 14.3 Å². The molecule has 3 rings (SSSR count). The number of hydrogen-bond donors (Lipinski definition) is 1. The monoisotopic (exact) mass is 379 g/mol. The van der Waals surface area contributed by atoms with Crippen LogP contribution in [0.2, 0.25) is 0 Å². The summed E-state index contributed by atoms with van der Waals surface area (Å²) in [5.41, 5.74) is 2.22. The van der Waals surface area contributed by atoms with Gasteiger partial charge >= 0.3 is 5.97 Å². The number of benzene rings is 2. The Morgan fingerprint density at radius 1 is 1.11 bits per heavy atom. The zero-order chi connectivity index (χ0) is 20.1. The van der Waals surface area contributed by atoms with Crippen LogP contribution in [0.3, 0.4) is 0 Å². The van der Waals surface area contributed by atoms with Crippen LogP contribution in [0.1, 0.15) is 30.6 Å². The summed E-state index contributed by atoms with van der Waals surface area (Å²) in [4.78, 5) is 39.3. The molecule has 1 saturated heterocycles. The van der Waals surface area contributed by atoms with E-state index in [1.54, 1.807) is 68.4 Å². The second-order valence-corrected chi connectivity index (χ2v) is 6.51. The van der Waals surface area contributed by atoms with Crippen LogP contribution >= 0.6 is 0 Å². The highest BCUT2D eigenvalue weighted by atomic mass is 16.5. The molecule has 0 radical (unpaired) electrons. The van der Waals surface area contributed by atoms with E-state index in [1.807, 2.05) is 6.07 Å².